The molecular weight excluding hydrogens is 223 g/mol. The molecule has 1 heterocycles. The van der Waals surface area contributed by atoms with Crippen LogP contribution in [0.5, 0.6) is 0 Å². The standard InChI is InChI=1S/C12H11FN2O2/c13-11-5-9(2-1-8(11)6-14)15-10(7-16)3-4-12(15)17/h1-2,5,10,16H,3-4,7H2/t10-/m0/s1. The summed E-state index contributed by atoms with van der Waals surface area (Å²) in [5.41, 5.74) is 0.337. The monoisotopic (exact) mass is 234 g/mol. The van der Waals surface area contributed by atoms with Crippen LogP contribution in [0.4, 0.5) is 10.1 Å². The van der Waals surface area contributed by atoms with E-state index in [-0.39, 0.29) is 24.1 Å². The van der Waals surface area contributed by atoms with Crippen molar-refractivity contribution in [3.05, 3.63) is 29.6 Å². The second-order valence-electron chi connectivity index (χ2n) is 3.91. The summed E-state index contributed by atoms with van der Waals surface area (Å²) in [4.78, 5) is 13.0. The van der Waals surface area contributed by atoms with Crippen LogP contribution in [0.1, 0.15) is 18.4 Å². The molecule has 1 fully saturated rings. The summed E-state index contributed by atoms with van der Waals surface area (Å²) < 4.78 is 13.4. The summed E-state index contributed by atoms with van der Waals surface area (Å²) >= 11 is 0. The van der Waals surface area contributed by atoms with Gasteiger partial charge in [-0.1, -0.05) is 0 Å². The first-order valence-corrected chi connectivity index (χ1v) is 5.30. The fourth-order valence-corrected chi connectivity index (χ4v) is 2.02. The zero-order valence-corrected chi connectivity index (χ0v) is 9.06. The topological polar surface area (TPSA) is 64.3 Å². The summed E-state index contributed by atoms with van der Waals surface area (Å²) in [6, 6.07) is 5.44. The molecule has 1 N–H and O–H groups in total. The second-order valence-corrected chi connectivity index (χ2v) is 3.91. The lowest BCUT2D eigenvalue weighted by Gasteiger charge is -2.23. The van der Waals surface area contributed by atoms with Gasteiger partial charge in [0.25, 0.3) is 0 Å². The van der Waals surface area contributed by atoms with E-state index in [9.17, 15) is 9.18 Å². The lowest BCUT2D eigenvalue weighted by Crippen LogP contribution is -2.35. The highest BCUT2D eigenvalue weighted by Crippen LogP contribution is 2.27. The maximum atomic E-state index is 13.4. The third-order valence-corrected chi connectivity index (χ3v) is 2.89. The average molecular weight is 234 g/mol. The largest absolute Gasteiger partial charge is 0.394 e. The lowest BCUT2D eigenvalue weighted by atomic mass is 10.1. The number of hydrogen-bond acceptors (Lipinski definition) is 3. The molecule has 1 atom stereocenters. The van der Waals surface area contributed by atoms with E-state index in [0.717, 1.165) is 6.07 Å². The fourth-order valence-electron chi connectivity index (χ4n) is 2.02. The zero-order chi connectivity index (χ0) is 12.4. The number of benzene rings is 1. The number of aliphatic hydroxyl groups excluding tert-OH is 1. The lowest BCUT2D eigenvalue weighted by molar-refractivity contribution is -0.117. The fraction of sp³-hybridized carbons (Fsp3) is 0.333. The zero-order valence-electron chi connectivity index (χ0n) is 9.06. The van der Waals surface area contributed by atoms with Gasteiger partial charge >= 0.3 is 0 Å². The Morgan fingerprint density at radius 3 is 2.94 bits per heavy atom. The van der Waals surface area contributed by atoms with Gasteiger partial charge in [-0.2, -0.15) is 5.26 Å². The first-order chi connectivity index (χ1) is 8.17. The number of rotatable bonds is 2. The summed E-state index contributed by atoms with van der Waals surface area (Å²) in [6.45, 7) is -0.145. The molecule has 0 bridgehead atoms. The molecule has 0 aliphatic carbocycles. The SMILES string of the molecule is N#Cc1ccc(N2C(=O)CC[C@H]2CO)cc1F. The number of carbonyl (C=O) groups is 1. The number of anilines is 1. The molecule has 0 spiro atoms. The third kappa shape index (κ3) is 1.99. The van der Waals surface area contributed by atoms with Gasteiger partial charge in [0, 0.05) is 12.1 Å². The quantitative estimate of drug-likeness (QED) is 0.835. The highest BCUT2D eigenvalue weighted by atomic mass is 19.1. The van der Waals surface area contributed by atoms with Gasteiger partial charge in [0.2, 0.25) is 5.91 Å². The van der Waals surface area contributed by atoms with Crippen molar-refractivity contribution in [2.45, 2.75) is 18.9 Å². The van der Waals surface area contributed by atoms with Crippen LogP contribution in [0, 0.1) is 17.1 Å². The van der Waals surface area contributed by atoms with Crippen molar-refractivity contribution in [1.82, 2.24) is 0 Å². The number of hydrogen-bond donors (Lipinski definition) is 1. The Morgan fingerprint density at radius 1 is 1.59 bits per heavy atom. The molecule has 1 aromatic rings. The molecule has 5 heteroatoms. The van der Waals surface area contributed by atoms with Crippen LogP contribution < -0.4 is 4.90 Å². The molecule has 0 unspecified atom stereocenters. The first-order valence-electron chi connectivity index (χ1n) is 5.30. The summed E-state index contributed by atoms with van der Waals surface area (Å²) in [5.74, 6) is -0.783. The third-order valence-electron chi connectivity index (χ3n) is 2.89. The molecule has 0 aromatic heterocycles. The Kier molecular flexibility index (Phi) is 3.07. The van der Waals surface area contributed by atoms with Gasteiger partial charge in [0.1, 0.15) is 11.9 Å². The van der Waals surface area contributed by atoms with Crippen molar-refractivity contribution < 1.29 is 14.3 Å². The molecule has 17 heavy (non-hydrogen) atoms. The molecule has 0 saturated carbocycles. The van der Waals surface area contributed by atoms with Gasteiger partial charge in [-0.25, -0.2) is 4.39 Å². The Morgan fingerprint density at radius 2 is 2.35 bits per heavy atom. The molecular formula is C12H11FN2O2. The molecule has 1 saturated heterocycles. The molecule has 1 aliphatic rings. The number of carbonyl (C=O) groups excluding carboxylic acids is 1. The van der Waals surface area contributed by atoms with Crippen LogP contribution in [0.25, 0.3) is 0 Å². The predicted octanol–water partition coefficient (Wildman–Crippen LogP) is 1.19. The van der Waals surface area contributed by atoms with E-state index in [1.807, 2.05) is 0 Å². The molecule has 0 radical (unpaired) electrons. The molecule has 1 aliphatic heterocycles. The van der Waals surface area contributed by atoms with E-state index in [0.29, 0.717) is 18.5 Å². The minimum absolute atomic E-state index is 0.0547. The maximum absolute atomic E-state index is 13.4. The van der Waals surface area contributed by atoms with Crippen LogP contribution in [0.15, 0.2) is 18.2 Å². The van der Waals surface area contributed by atoms with Gasteiger partial charge < -0.3 is 10.0 Å². The second kappa shape index (κ2) is 4.52. The number of halogens is 1. The van der Waals surface area contributed by atoms with Crippen LogP contribution in [0.3, 0.4) is 0 Å². The normalized spacial score (nSPS) is 19.5. The van der Waals surface area contributed by atoms with Crippen molar-refractivity contribution in [3.63, 3.8) is 0 Å². The smallest absolute Gasteiger partial charge is 0.227 e. The van der Waals surface area contributed by atoms with E-state index >= 15 is 0 Å². The van der Waals surface area contributed by atoms with Gasteiger partial charge in [-0.05, 0) is 24.6 Å². The first kappa shape index (κ1) is 11.6. The molecule has 4 nitrogen and oxygen atoms in total. The van der Waals surface area contributed by atoms with Crippen LogP contribution in [-0.2, 0) is 4.79 Å². The highest BCUT2D eigenvalue weighted by Gasteiger charge is 2.31. The van der Waals surface area contributed by atoms with Gasteiger partial charge in [-0.3, -0.25) is 4.79 Å². The van der Waals surface area contributed by atoms with Crippen molar-refractivity contribution in [2.24, 2.45) is 0 Å². The van der Waals surface area contributed by atoms with Gasteiger partial charge in [0.15, 0.2) is 0 Å². The van der Waals surface area contributed by atoms with Crippen LogP contribution in [-0.4, -0.2) is 23.7 Å². The Labute approximate surface area is 97.9 Å². The van der Waals surface area contributed by atoms with E-state index in [2.05, 4.69) is 0 Å². The van der Waals surface area contributed by atoms with Gasteiger partial charge in [0.05, 0.1) is 18.2 Å². The number of aliphatic hydroxyl groups is 1. The number of amides is 1. The Hall–Kier alpha value is -1.93. The average Bonchev–Trinajstić information content (AvgIpc) is 2.70. The van der Waals surface area contributed by atoms with Crippen LogP contribution in [0.2, 0.25) is 0 Å². The molecule has 2 rings (SSSR count). The summed E-state index contributed by atoms with van der Waals surface area (Å²) in [5, 5.41) is 17.8. The summed E-state index contributed by atoms with van der Waals surface area (Å²) in [7, 11) is 0. The highest BCUT2D eigenvalue weighted by molar-refractivity contribution is 5.96. The Balaban J connectivity index is 2.37. The van der Waals surface area contributed by atoms with Crippen molar-refractivity contribution in [1.29, 1.82) is 5.26 Å². The minimum atomic E-state index is -0.651. The molecule has 1 aromatic carbocycles. The van der Waals surface area contributed by atoms with Crippen LogP contribution >= 0.6 is 0 Å². The summed E-state index contributed by atoms with van der Waals surface area (Å²) in [6.07, 6.45) is 0.920. The number of nitrogens with zero attached hydrogens (tertiary/aromatic N) is 2. The van der Waals surface area contributed by atoms with E-state index < -0.39 is 5.82 Å². The predicted molar refractivity (Wildman–Crippen MR) is 58.7 cm³/mol. The molecule has 88 valence electrons. The van der Waals surface area contributed by atoms with Gasteiger partial charge in [-0.15, -0.1) is 0 Å². The van der Waals surface area contributed by atoms with Crippen molar-refractivity contribution in [3.8, 4) is 6.07 Å². The van der Waals surface area contributed by atoms with E-state index in [1.54, 1.807) is 6.07 Å². The van der Waals surface area contributed by atoms with Crippen molar-refractivity contribution in [2.75, 3.05) is 11.5 Å². The molecule has 1 amide bonds. The van der Waals surface area contributed by atoms with E-state index in [4.69, 9.17) is 10.4 Å². The Bertz CT molecular complexity index is 496. The minimum Gasteiger partial charge on any atom is -0.394 e. The maximum Gasteiger partial charge on any atom is 0.227 e. The van der Waals surface area contributed by atoms with Crippen molar-refractivity contribution >= 4 is 11.6 Å². The van der Waals surface area contributed by atoms with E-state index in [1.165, 1.54) is 17.0 Å². The number of nitriles is 1.